The van der Waals surface area contributed by atoms with Crippen molar-refractivity contribution in [1.82, 2.24) is 10.6 Å². The SMILES string of the molecule is O=C1NCC(CCc2ccccc2)NC1=O. The number of hydrogen-bond acceptors (Lipinski definition) is 2. The first-order valence-corrected chi connectivity index (χ1v) is 5.38. The number of benzene rings is 1. The Morgan fingerprint density at radius 3 is 2.56 bits per heavy atom. The van der Waals surface area contributed by atoms with Crippen LogP contribution in [0.25, 0.3) is 0 Å². The predicted octanol–water partition coefficient (Wildman–Crippen LogP) is 0.234. The Hall–Kier alpha value is -1.84. The number of piperazine rings is 1. The van der Waals surface area contributed by atoms with Gasteiger partial charge < -0.3 is 10.6 Å². The highest BCUT2D eigenvalue weighted by molar-refractivity contribution is 6.35. The van der Waals surface area contributed by atoms with Crippen LogP contribution in [0.5, 0.6) is 0 Å². The van der Waals surface area contributed by atoms with Gasteiger partial charge in [0.2, 0.25) is 0 Å². The fourth-order valence-corrected chi connectivity index (χ4v) is 1.76. The van der Waals surface area contributed by atoms with Crippen LogP contribution in [-0.4, -0.2) is 24.4 Å². The van der Waals surface area contributed by atoms with Gasteiger partial charge in [-0.05, 0) is 18.4 Å². The van der Waals surface area contributed by atoms with E-state index in [1.165, 1.54) is 5.56 Å². The van der Waals surface area contributed by atoms with E-state index in [1.54, 1.807) is 0 Å². The maximum Gasteiger partial charge on any atom is 0.309 e. The molecule has 0 aliphatic carbocycles. The summed E-state index contributed by atoms with van der Waals surface area (Å²) in [5.74, 6) is -1.06. The lowest BCUT2D eigenvalue weighted by molar-refractivity contribution is -0.141. The van der Waals surface area contributed by atoms with E-state index in [-0.39, 0.29) is 6.04 Å². The number of carbonyl (C=O) groups excluding carboxylic acids is 2. The second-order valence-electron chi connectivity index (χ2n) is 3.90. The third-order valence-electron chi connectivity index (χ3n) is 2.67. The van der Waals surface area contributed by atoms with Gasteiger partial charge in [0, 0.05) is 12.6 Å². The molecule has 16 heavy (non-hydrogen) atoms. The molecule has 2 amide bonds. The molecule has 1 aliphatic rings. The fourth-order valence-electron chi connectivity index (χ4n) is 1.76. The van der Waals surface area contributed by atoms with Gasteiger partial charge in [0.25, 0.3) is 0 Å². The highest BCUT2D eigenvalue weighted by Crippen LogP contribution is 2.05. The van der Waals surface area contributed by atoms with Crippen molar-refractivity contribution < 1.29 is 9.59 Å². The number of aryl methyl sites for hydroxylation is 1. The minimum atomic E-state index is -0.532. The lowest BCUT2D eigenvalue weighted by Crippen LogP contribution is -2.55. The maximum absolute atomic E-state index is 11.1. The van der Waals surface area contributed by atoms with Crippen LogP contribution in [0.2, 0.25) is 0 Å². The minimum Gasteiger partial charge on any atom is -0.346 e. The number of carbonyl (C=O) groups is 2. The molecule has 1 saturated heterocycles. The van der Waals surface area contributed by atoms with Gasteiger partial charge in [0.1, 0.15) is 0 Å². The molecule has 0 saturated carbocycles. The summed E-state index contributed by atoms with van der Waals surface area (Å²) in [6.45, 7) is 0.525. The topological polar surface area (TPSA) is 58.2 Å². The summed E-state index contributed by atoms with van der Waals surface area (Å²) in [6.07, 6.45) is 1.75. The molecule has 1 atom stereocenters. The molecule has 2 rings (SSSR count). The summed E-state index contributed by atoms with van der Waals surface area (Å²) in [5, 5.41) is 5.25. The van der Waals surface area contributed by atoms with Gasteiger partial charge in [-0.2, -0.15) is 0 Å². The zero-order valence-corrected chi connectivity index (χ0v) is 8.90. The first kappa shape index (κ1) is 10.7. The number of rotatable bonds is 3. The zero-order chi connectivity index (χ0) is 11.4. The molecule has 1 aliphatic heterocycles. The standard InChI is InChI=1S/C12H14N2O2/c15-11-12(16)14-10(8-13-11)7-6-9-4-2-1-3-5-9/h1-5,10H,6-8H2,(H,13,15)(H,14,16). The van der Waals surface area contributed by atoms with Crippen LogP contribution in [-0.2, 0) is 16.0 Å². The molecule has 4 nitrogen and oxygen atoms in total. The van der Waals surface area contributed by atoms with E-state index in [4.69, 9.17) is 0 Å². The van der Waals surface area contributed by atoms with Crippen molar-refractivity contribution in [3.8, 4) is 0 Å². The highest BCUT2D eigenvalue weighted by Gasteiger charge is 2.24. The molecule has 84 valence electrons. The summed E-state index contributed by atoms with van der Waals surface area (Å²) in [6, 6.07) is 10.1. The van der Waals surface area contributed by atoms with Crippen molar-refractivity contribution in [2.75, 3.05) is 6.54 Å². The van der Waals surface area contributed by atoms with Crippen LogP contribution in [0.3, 0.4) is 0 Å². The van der Waals surface area contributed by atoms with Crippen molar-refractivity contribution in [3.63, 3.8) is 0 Å². The third kappa shape index (κ3) is 2.59. The van der Waals surface area contributed by atoms with Crippen LogP contribution < -0.4 is 10.6 Å². The first-order valence-electron chi connectivity index (χ1n) is 5.38. The second-order valence-corrected chi connectivity index (χ2v) is 3.90. The molecular formula is C12H14N2O2. The van der Waals surface area contributed by atoms with E-state index in [0.717, 1.165) is 12.8 Å². The Bertz CT molecular complexity index is 389. The second kappa shape index (κ2) is 4.79. The Morgan fingerprint density at radius 2 is 1.88 bits per heavy atom. The van der Waals surface area contributed by atoms with E-state index in [0.29, 0.717) is 6.54 Å². The highest BCUT2D eigenvalue weighted by atomic mass is 16.2. The van der Waals surface area contributed by atoms with Crippen LogP contribution in [0.4, 0.5) is 0 Å². The van der Waals surface area contributed by atoms with Crippen LogP contribution >= 0.6 is 0 Å². The molecule has 1 aromatic carbocycles. The number of amides is 2. The van der Waals surface area contributed by atoms with Crippen LogP contribution in [0.1, 0.15) is 12.0 Å². The van der Waals surface area contributed by atoms with Gasteiger partial charge >= 0.3 is 11.8 Å². The molecule has 0 spiro atoms. The smallest absolute Gasteiger partial charge is 0.309 e. The lowest BCUT2D eigenvalue weighted by Gasteiger charge is -2.23. The largest absolute Gasteiger partial charge is 0.346 e. The molecule has 2 N–H and O–H groups in total. The molecule has 4 heteroatoms. The average Bonchev–Trinajstić information content (AvgIpc) is 2.32. The summed E-state index contributed by atoms with van der Waals surface area (Å²) < 4.78 is 0. The van der Waals surface area contributed by atoms with E-state index in [9.17, 15) is 9.59 Å². The fraction of sp³-hybridized carbons (Fsp3) is 0.333. The van der Waals surface area contributed by atoms with Crippen molar-refractivity contribution in [3.05, 3.63) is 35.9 Å². The van der Waals surface area contributed by atoms with Gasteiger partial charge in [-0.25, -0.2) is 0 Å². The third-order valence-corrected chi connectivity index (χ3v) is 2.67. The Labute approximate surface area is 94.0 Å². The molecule has 1 unspecified atom stereocenters. The van der Waals surface area contributed by atoms with Gasteiger partial charge in [0.05, 0.1) is 0 Å². The molecule has 0 radical (unpaired) electrons. The number of hydrogen-bond donors (Lipinski definition) is 2. The minimum absolute atomic E-state index is 0.0467. The first-order chi connectivity index (χ1) is 7.75. The van der Waals surface area contributed by atoms with Gasteiger partial charge in [0.15, 0.2) is 0 Å². The zero-order valence-electron chi connectivity index (χ0n) is 8.90. The molecule has 1 aromatic rings. The van der Waals surface area contributed by atoms with Gasteiger partial charge in [-0.1, -0.05) is 30.3 Å². The van der Waals surface area contributed by atoms with Crippen molar-refractivity contribution in [1.29, 1.82) is 0 Å². The van der Waals surface area contributed by atoms with E-state index in [1.807, 2.05) is 18.2 Å². The summed E-state index contributed by atoms with van der Waals surface area (Å²) in [5.41, 5.74) is 1.24. The maximum atomic E-state index is 11.1. The average molecular weight is 218 g/mol. The van der Waals surface area contributed by atoms with Crippen LogP contribution in [0, 0.1) is 0 Å². The Balaban J connectivity index is 1.83. The normalized spacial score (nSPS) is 20.1. The van der Waals surface area contributed by atoms with Gasteiger partial charge in [-0.3, -0.25) is 9.59 Å². The van der Waals surface area contributed by atoms with E-state index in [2.05, 4.69) is 22.8 Å². The van der Waals surface area contributed by atoms with Crippen molar-refractivity contribution >= 4 is 11.8 Å². The quantitative estimate of drug-likeness (QED) is 0.714. The Kier molecular flexibility index (Phi) is 3.19. The molecular weight excluding hydrogens is 204 g/mol. The monoisotopic (exact) mass is 218 g/mol. The van der Waals surface area contributed by atoms with Gasteiger partial charge in [-0.15, -0.1) is 0 Å². The number of nitrogens with one attached hydrogen (secondary N) is 2. The molecule has 1 heterocycles. The predicted molar refractivity (Wildman–Crippen MR) is 59.7 cm³/mol. The van der Waals surface area contributed by atoms with E-state index < -0.39 is 11.8 Å². The molecule has 0 bridgehead atoms. The Morgan fingerprint density at radius 1 is 1.12 bits per heavy atom. The van der Waals surface area contributed by atoms with E-state index >= 15 is 0 Å². The molecule has 0 aromatic heterocycles. The molecule has 1 fully saturated rings. The summed E-state index contributed by atoms with van der Waals surface area (Å²) >= 11 is 0. The van der Waals surface area contributed by atoms with Crippen LogP contribution in [0.15, 0.2) is 30.3 Å². The summed E-state index contributed by atoms with van der Waals surface area (Å²) in [4.78, 5) is 22.0. The van der Waals surface area contributed by atoms with Crippen molar-refractivity contribution in [2.24, 2.45) is 0 Å². The summed E-state index contributed by atoms with van der Waals surface area (Å²) in [7, 11) is 0. The lowest BCUT2D eigenvalue weighted by atomic mass is 10.0. The van der Waals surface area contributed by atoms with Crippen molar-refractivity contribution in [2.45, 2.75) is 18.9 Å².